The monoisotopic (exact) mass is 267 g/mol. The van der Waals surface area contributed by atoms with Crippen molar-refractivity contribution < 1.29 is 4.52 Å². The molecule has 96 valence electrons. The van der Waals surface area contributed by atoms with Crippen molar-refractivity contribution in [3.63, 3.8) is 0 Å². The van der Waals surface area contributed by atoms with Crippen molar-refractivity contribution in [1.82, 2.24) is 20.3 Å². The molecule has 1 N–H and O–H groups in total. The maximum Gasteiger partial charge on any atom is 0.223 e. The third kappa shape index (κ3) is 2.76. The van der Waals surface area contributed by atoms with E-state index in [1.54, 1.807) is 6.92 Å². The third-order valence-corrected chi connectivity index (χ3v) is 3.03. The molecule has 0 aromatic carbocycles. The van der Waals surface area contributed by atoms with Gasteiger partial charge in [-0.15, -0.1) is 10.2 Å². The van der Waals surface area contributed by atoms with Gasteiger partial charge in [-0.1, -0.05) is 16.8 Å². The van der Waals surface area contributed by atoms with E-state index in [1.807, 2.05) is 13.8 Å². The predicted molar refractivity (Wildman–Crippen MR) is 67.7 cm³/mol. The van der Waals surface area contributed by atoms with Crippen LogP contribution in [0.1, 0.15) is 22.8 Å². The summed E-state index contributed by atoms with van der Waals surface area (Å²) >= 11 is 5.88. The van der Waals surface area contributed by atoms with Gasteiger partial charge in [-0.2, -0.15) is 4.98 Å². The van der Waals surface area contributed by atoms with Gasteiger partial charge in [0.1, 0.15) is 0 Å². The van der Waals surface area contributed by atoms with Crippen LogP contribution in [0.5, 0.6) is 0 Å². The van der Waals surface area contributed by atoms with Crippen LogP contribution in [0.2, 0.25) is 5.15 Å². The summed E-state index contributed by atoms with van der Waals surface area (Å²) in [5, 5.41) is 15.3. The minimum atomic E-state index is 0.437. The van der Waals surface area contributed by atoms with Crippen molar-refractivity contribution in [3.05, 3.63) is 28.0 Å². The topological polar surface area (TPSA) is 76.7 Å². The normalized spacial score (nSPS) is 10.7. The van der Waals surface area contributed by atoms with E-state index in [0.29, 0.717) is 29.8 Å². The van der Waals surface area contributed by atoms with Gasteiger partial charge in [-0.3, -0.25) is 0 Å². The minimum absolute atomic E-state index is 0.437. The van der Waals surface area contributed by atoms with E-state index in [9.17, 15) is 0 Å². The molecule has 2 aromatic heterocycles. The van der Waals surface area contributed by atoms with E-state index in [0.717, 1.165) is 16.9 Å². The molecule has 0 saturated heterocycles. The Labute approximate surface area is 110 Å². The first-order chi connectivity index (χ1) is 8.58. The fourth-order valence-electron chi connectivity index (χ4n) is 1.48. The molecule has 0 aliphatic carbocycles. The molecule has 18 heavy (non-hydrogen) atoms. The highest BCUT2D eigenvalue weighted by molar-refractivity contribution is 6.30. The van der Waals surface area contributed by atoms with Crippen molar-refractivity contribution in [3.8, 4) is 0 Å². The van der Waals surface area contributed by atoms with Crippen molar-refractivity contribution in [1.29, 1.82) is 0 Å². The van der Waals surface area contributed by atoms with Crippen LogP contribution in [-0.4, -0.2) is 26.9 Å². The molecule has 0 aliphatic heterocycles. The number of nitrogens with zero attached hydrogens (tertiary/aromatic N) is 4. The van der Waals surface area contributed by atoms with Crippen LogP contribution in [0.25, 0.3) is 0 Å². The van der Waals surface area contributed by atoms with Crippen molar-refractivity contribution in [2.24, 2.45) is 0 Å². The highest BCUT2D eigenvalue weighted by atomic mass is 35.5. The Hall–Kier alpha value is -1.69. The van der Waals surface area contributed by atoms with Crippen LogP contribution in [0.3, 0.4) is 0 Å². The maximum absolute atomic E-state index is 5.88. The number of halogens is 1. The van der Waals surface area contributed by atoms with Crippen LogP contribution in [0.15, 0.2) is 4.52 Å². The molecule has 2 heterocycles. The first kappa shape index (κ1) is 12.8. The molecule has 0 atom stereocenters. The smallest absolute Gasteiger partial charge is 0.223 e. The van der Waals surface area contributed by atoms with Gasteiger partial charge >= 0.3 is 0 Å². The van der Waals surface area contributed by atoms with Crippen LogP contribution >= 0.6 is 11.6 Å². The van der Waals surface area contributed by atoms with E-state index >= 15 is 0 Å². The predicted octanol–water partition coefficient (Wildman–Crippen LogP) is 2.09. The fourth-order valence-corrected chi connectivity index (χ4v) is 1.66. The highest BCUT2D eigenvalue weighted by Gasteiger charge is 2.08. The second-order valence-corrected chi connectivity index (χ2v) is 4.35. The molecule has 6 nitrogen and oxygen atoms in total. The standard InChI is InChI=1S/C11H14ClN5O/c1-6-7(2)11(16-15-10(6)12)13-5-4-9-14-8(3)18-17-9/h4-5H2,1-3H3,(H,13,16). The molecule has 0 unspecified atom stereocenters. The van der Waals surface area contributed by atoms with Gasteiger partial charge < -0.3 is 9.84 Å². The Bertz CT molecular complexity index is 554. The minimum Gasteiger partial charge on any atom is -0.368 e. The van der Waals surface area contributed by atoms with E-state index < -0.39 is 0 Å². The Kier molecular flexibility index (Phi) is 3.76. The number of nitrogens with one attached hydrogen (secondary N) is 1. The number of aromatic nitrogens is 4. The van der Waals surface area contributed by atoms with Crippen LogP contribution < -0.4 is 5.32 Å². The SMILES string of the molecule is Cc1nc(CCNc2nnc(Cl)c(C)c2C)no1. The number of hydrogen-bond acceptors (Lipinski definition) is 6. The van der Waals surface area contributed by atoms with E-state index in [2.05, 4.69) is 25.7 Å². The summed E-state index contributed by atoms with van der Waals surface area (Å²) in [6, 6.07) is 0. The number of aryl methyl sites for hydroxylation is 1. The van der Waals surface area contributed by atoms with E-state index in [4.69, 9.17) is 16.1 Å². The average molecular weight is 268 g/mol. The molecule has 0 aliphatic rings. The Balaban J connectivity index is 1.96. The Morgan fingerprint density at radius 2 is 1.94 bits per heavy atom. The lowest BCUT2D eigenvalue weighted by atomic mass is 10.2. The molecular weight excluding hydrogens is 254 g/mol. The molecule has 0 spiro atoms. The largest absolute Gasteiger partial charge is 0.368 e. The maximum atomic E-state index is 5.88. The van der Waals surface area contributed by atoms with E-state index in [-0.39, 0.29) is 0 Å². The lowest BCUT2D eigenvalue weighted by Gasteiger charge is -2.09. The van der Waals surface area contributed by atoms with Crippen LogP contribution in [0.4, 0.5) is 5.82 Å². The number of anilines is 1. The zero-order valence-corrected chi connectivity index (χ0v) is 11.2. The van der Waals surface area contributed by atoms with Crippen molar-refractivity contribution in [2.75, 3.05) is 11.9 Å². The van der Waals surface area contributed by atoms with Gasteiger partial charge in [0.2, 0.25) is 5.89 Å². The van der Waals surface area contributed by atoms with Crippen LogP contribution in [-0.2, 0) is 6.42 Å². The fraction of sp³-hybridized carbons (Fsp3) is 0.455. The molecule has 0 amide bonds. The molecule has 0 radical (unpaired) electrons. The van der Waals surface area contributed by atoms with Gasteiger partial charge in [0.25, 0.3) is 0 Å². The summed E-state index contributed by atoms with van der Waals surface area (Å²) in [5.41, 5.74) is 1.93. The van der Waals surface area contributed by atoms with Gasteiger partial charge in [0.15, 0.2) is 16.8 Å². The van der Waals surface area contributed by atoms with Crippen LogP contribution in [0, 0.1) is 20.8 Å². The van der Waals surface area contributed by atoms with E-state index in [1.165, 1.54) is 0 Å². The van der Waals surface area contributed by atoms with Crippen molar-refractivity contribution >= 4 is 17.4 Å². The summed E-state index contributed by atoms with van der Waals surface area (Å²) in [4.78, 5) is 4.12. The zero-order valence-electron chi connectivity index (χ0n) is 10.5. The lowest BCUT2D eigenvalue weighted by molar-refractivity contribution is 0.387. The molecule has 7 heteroatoms. The first-order valence-corrected chi connectivity index (χ1v) is 5.98. The number of hydrogen-bond donors (Lipinski definition) is 1. The second kappa shape index (κ2) is 5.30. The summed E-state index contributed by atoms with van der Waals surface area (Å²) in [7, 11) is 0. The van der Waals surface area contributed by atoms with Gasteiger partial charge in [-0.05, 0) is 25.0 Å². The molecule has 0 bridgehead atoms. The second-order valence-electron chi connectivity index (χ2n) is 4.00. The highest BCUT2D eigenvalue weighted by Crippen LogP contribution is 2.20. The van der Waals surface area contributed by atoms with Gasteiger partial charge in [-0.25, -0.2) is 0 Å². The summed E-state index contributed by atoms with van der Waals surface area (Å²) in [6.45, 7) is 6.30. The van der Waals surface area contributed by atoms with Crippen molar-refractivity contribution in [2.45, 2.75) is 27.2 Å². The summed E-state index contributed by atoms with van der Waals surface area (Å²) < 4.78 is 4.89. The molecule has 0 saturated carbocycles. The first-order valence-electron chi connectivity index (χ1n) is 5.60. The average Bonchev–Trinajstić information content (AvgIpc) is 2.75. The van der Waals surface area contributed by atoms with Gasteiger partial charge in [0, 0.05) is 19.9 Å². The molecule has 2 aromatic rings. The molecule has 0 fully saturated rings. The molecular formula is C11H14ClN5O. The number of rotatable bonds is 4. The summed E-state index contributed by atoms with van der Waals surface area (Å²) in [5.74, 6) is 1.98. The zero-order chi connectivity index (χ0) is 13.1. The van der Waals surface area contributed by atoms with Gasteiger partial charge in [0.05, 0.1) is 0 Å². The third-order valence-electron chi connectivity index (χ3n) is 2.68. The Morgan fingerprint density at radius 1 is 1.17 bits per heavy atom. The lowest BCUT2D eigenvalue weighted by Crippen LogP contribution is -2.10. The Morgan fingerprint density at radius 3 is 2.61 bits per heavy atom. The molecule has 2 rings (SSSR count). The quantitative estimate of drug-likeness (QED) is 0.914. The summed E-state index contributed by atoms with van der Waals surface area (Å²) in [6.07, 6.45) is 0.667.